The third-order valence-electron chi connectivity index (χ3n) is 4.48. The van der Waals surface area contributed by atoms with E-state index in [0.717, 1.165) is 16.8 Å². The maximum Gasteiger partial charge on any atom is 0.311 e. The first-order valence-electron chi connectivity index (χ1n) is 8.71. The molecule has 0 aliphatic heterocycles. The van der Waals surface area contributed by atoms with Gasteiger partial charge in [0, 0.05) is 24.1 Å². The van der Waals surface area contributed by atoms with Crippen LogP contribution in [0, 0.1) is 24.0 Å². The van der Waals surface area contributed by atoms with Gasteiger partial charge in [0.05, 0.1) is 35.4 Å². The van der Waals surface area contributed by atoms with Crippen molar-refractivity contribution in [3.8, 4) is 16.9 Å². The van der Waals surface area contributed by atoms with E-state index in [0.29, 0.717) is 34.7 Å². The molecule has 0 aliphatic rings. The van der Waals surface area contributed by atoms with E-state index in [4.69, 9.17) is 14.0 Å². The predicted molar refractivity (Wildman–Crippen MR) is 105 cm³/mol. The Bertz CT molecular complexity index is 1010. The summed E-state index contributed by atoms with van der Waals surface area (Å²) in [5, 5.41) is 19.3. The van der Waals surface area contributed by atoms with Gasteiger partial charge < -0.3 is 19.3 Å². The molecule has 2 aromatic heterocycles. The van der Waals surface area contributed by atoms with Crippen LogP contribution in [0.25, 0.3) is 22.0 Å². The molecule has 9 nitrogen and oxygen atoms in total. The van der Waals surface area contributed by atoms with E-state index in [1.165, 1.54) is 6.20 Å². The van der Waals surface area contributed by atoms with Gasteiger partial charge in [0.15, 0.2) is 0 Å². The third kappa shape index (κ3) is 3.48. The first-order chi connectivity index (χ1) is 13.4. The van der Waals surface area contributed by atoms with E-state index in [9.17, 15) is 10.1 Å². The number of nitro groups is 1. The number of nitrogens with zero attached hydrogens (tertiary/aromatic N) is 3. The monoisotopic (exact) mass is 386 g/mol. The number of aromatic nitrogens is 2. The summed E-state index contributed by atoms with van der Waals surface area (Å²) in [6, 6.07) is 3.44. The van der Waals surface area contributed by atoms with E-state index in [-0.39, 0.29) is 11.7 Å². The molecular weight excluding hydrogens is 364 g/mol. The van der Waals surface area contributed by atoms with Crippen molar-refractivity contribution in [2.24, 2.45) is 0 Å². The minimum Gasteiger partial charge on any atom is -0.496 e. The number of ether oxygens (including phenoxy) is 2. The second kappa shape index (κ2) is 7.81. The SMILES string of the molecule is COC[C@@H](C)Nc1c([N+](=O)[O-])cnc2cc(-c3c(C)noc3C)c(OC)cc12. The molecule has 2 heterocycles. The molecule has 3 rings (SSSR count). The lowest BCUT2D eigenvalue weighted by molar-refractivity contribution is -0.384. The molecule has 1 N–H and O–H groups in total. The molecule has 1 atom stereocenters. The highest BCUT2D eigenvalue weighted by molar-refractivity contribution is 6.00. The molecule has 0 bridgehead atoms. The Morgan fingerprint density at radius 1 is 1.32 bits per heavy atom. The number of pyridine rings is 1. The second-order valence-electron chi connectivity index (χ2n) is 6.55. The number of hydrogen-bond acceptors (Lipinski definition) is 8. The van der Waals surface area contributed by atoms with E-state index in [1.54, 1.807) is 20.3 Å². The first kappa shape index (κ1) is 19.6. The number of nitrogens with one attached hydrogen (secondary N) is 1. The predicted octanol–water partition coefficient (Wildman–Crippen LogP) is 3.87. The Hall–Kier alpha value is -3.20. The van der Waals surface area contributed by atoms with E-state index < -0.39 is 4.92 Å². The lowest BCUT2D eigenvalue weighted by atomic mass is 10.00. The first-order valence-corrected chi connectivity index (χ1v) is 8.71. The molecule has 1 aromatic carbocycles. The van der Waals surface area contributed by atoms with Crippen LogP contribution in [0.1, 0.15) is 18.4 Å². The van der Waals surface area contributed by atoms with Crippen LogP contribution in [-0.4, -0.2) is 41.9 Å². The van der Waals surface area contributed by atoms with Crippen LogP contribution in [0.5, 0.6) is 5.75 Å². The van der Waals surface area contributed by atoms with Gasteiger partial charge in [0.1, 0.15) is 23.4 Å². The van der Waals surface area contributed by atoms with Crippen LogP contribution in [-0.2, 0) is 4.74 Å². The molecule has 0 radical (unpaired) electrons. The highest BCUT2D eigenvalue weighted by Gasteiger charge is 2.23. The largest absolute Gasteiger partial charge is 0.496 e. The molecule has 0 saturated heterocycles. The average Bonchev–Trinajstić information content (AvgIpc) is 2.99. The highest BCUT2D eigenvalue weighted by Crippen LogP contribution is 2.41. The number of anilines is 1. The molecule has 0 saturated carbocycles. The number of fused-ring (bicyclic) bond motifs is 1. The molecule has 9 heteroatoms. The topological polar surface area (TPSA) is 113 Å². The molecule has 0 unspecified atom stereocenters. The average molecular weight is 386 g/mol. The van der Waals surface area contributed by atoms with Gasteiger partial charge in [-0.25, -0.2) is 4.98 Å². The van der Waals surface area contributed by atoms with Crippen molar-refractivity contribution < 1.29 is 18.9 Å². The fourth-order valence-electron chi connectivity index (χ4n) is 3.27. The summed E-state index contributed by atoms with van der Waals surface area (Å²) in [7, 11) is 3.13. The van der Waals surface area contributed by atoms with Gasteiger partial charge >= 0.3 is 5.69 Å². The lowest BCUT2D eigenvalue weighted by Crippen LogP contribution is -2.21. The van der Waals surface area contributed by atoms with Gasteiger partial charge in [0.2, 0.25) is 0 Å². The molecule has 0 fully saturated rings. The fourth-order valence-corrected chi connectivity index (χ4v) is 3.27. The number of benzene rings is 1. The Morgan fingerprint density at radius 2 is 2.07 bits per heavy atom. The summed E-state index contributed by atoms with van der Waals surface area (Å²) in [6.45, 7) is 5.95. The molecule has 0 spiro atoms. The van der Waals surface area contributed by atoms with Crippen LogP contribution in [0.4, 0.5) is 11.4 Å². The van der Waals surface area contributed by atoms with E-state index in [1.807, 2.05) is 26.8 Å². The highest BCUT2D eigenvalue weighted by atomic mass is 16.6. The quantitative estimate of drug-likeness (QED) is 0.481. The minimum absolute atomic E-state index is 0.109. The lowest BCUT2D eigenvalue weighted by Gasteiger charge is -2.17. The number of aryl methyl sites for hydroxylation is 2. The molecule has 0 aliphatic carbocycles. The summed E-state index contributed by atoms with van der Waals surface area (Å²) >= 11 is 0. The summed E-state index contributed by atoms with van der Waals surface area (Å²) in [4.78, 5) is 15.4. The van der Waals surface area contributed by atoms with Gasteiger partial charge in [-0.3, -0.25) is 10.1 Å². The van der Waals surface area contributed by atoms with Crippen LogP contribution < -0.4 is 10.1 Å². The van der Waals surface area contributed by atoms with Crippen LogP contribution >= 0.6 is 0 Å². The van der Waals surface area contributed by atoms with Crippen molar-refractivity contribution in [3.63, 3.8) is 0 Å². The standard InChI is InChI=1S/C19H22N4O5/c1-10(9-26-4)21-19-13-7-17(27-5)14(18-11(2)22-28-12(18)3)6-15(13)20-8-16(19)23(24)25/h6-8,10H,9H2,1-5H3,(H,20,21)/t10-/m1/s1. The summed E-state index contributed by atoms with van der Waals surface area (Å²) in [5.41, 5.74) is 3.17. The zero-order valence-electron chi connectivity index (χ0n) is 16.4. The van der Waals surface area contributed by atoms with Gasteiger partial charge in [-0.15, -0.1) is 0 Å². The van der Waals surface area contributed by atoms with Crippen LogP contribution in [0.2, 0.25) is 0 Å². The second-order valence-corrected chi connectivity index (χ2v) is 6.55. The van der Waals surface area contributed by atoms with Crippen molar-refractivity contribution in [2.45, 2.75) is 26.8 Å². The van der Waals surface area contributed by atoms with Crippen molar-refractivity contribution in [1.29, 1.82) is 0 Å². The number of hydrogen-bond donors (Lipinski definition) is 1. The van der Waals surface area contributed by atoms with E-state index >= 15 is 0 Å². The van der Waals surface area contributed by atoms with Crippen molar-refractivity contribution in [3.05, 3.63) is 39.9 Å². The Kier molecular flexibility index (Phi) is 5.46. The summed E-state index contributed by atoms with van der Waals surface area (Å²) < 4.78 is 16.0. The normalized spacial score (nSPS) is 12.2. The summed E-state index contributed by atoms with van der Waals surface area (Å²) in [5.74, 6) is 1.20. The number of rotatable bonds is 7. The zero-order valence-corrected chi connectivity index (χ0v) is 16.4. The van der Waals surface area contributed by atoms with E-state index in [2.05, 4.69) is 15.5 Å². The van der Waals surface area contributed by atoms with Gasteiger partial charge in [0.25, 0.3) is 0 Å². The number of methoxy groups -OCH3 is 2. The smallest absolute Gasteiger partial charge is 0.311 e. The molecule has 28 heavy (non-hydrogen) atoms. The third-order valence-corrected chi connectivity index (χ3v) is 4.48. The fraction of sp³-hybridized carbons (Fsp3) is 0.368. The van der Waals surface area contributed by atoms with Gasteiger partial charge in [-0.2, -0.15) is 0 Å². The maximum atomic E-state index is 11.5. The molecular formula is C19H22N4O5. The zero-order chi connectivity index (χ0) is 20.4. The van der Waals surface area contributed by atoms with Crippen molar-refractivity contribution in [2.75, 3.05) is 26.1 Å². The van der Waals surface area contributed by atoms with Crippen molar-refractivity contribution >= 4 is 22.3 Å². The summed E-state index contributed by atoms with van der Waals surface area (Å²) in [6.07, 6.45) is 1.26. The maximum absolute atomic E-state index is 11.5. The van der Waals surface area contributed by atoms with Gasteiger partial charge in [-0.05, 0) is 32.9 Å². The Morgan fingerprint density at radius 3 is 2.64 bits per heavy atom. The minimum atomic E-state index is -0.455. The van der Waals surface area contributed by atoms with Crippen LogP contribution in [0.3, 0.4) is 0 Å². The molecule has 3 aromatic rings. The Balaban J connectivity index is 2.26. The van der Waals surface area contributed by atoms with Crippen molar-refractivity contribution in [1.82, 2.24) is 10.1 Å². The molecule has 148 valence electrons. The Labute approximate surface area is 161 Å². The van der Waals surface area contributed by atoms with Gasteiger partial charge in [-0.1, -0.05) is 5.16 Å². The molecule has 0 amide bonds. The van der Waals surface area contributed by atoms with Crippen LogP contribution in [0.15, 0.2) is 22.9 Å².